The van der Waals surface area contributed by atoms with Crippen LogP contribution in [0.3, 0.4) is 0 Å². The lowest BCUT2D eigenvalue weighted by atomic mass is 9.98. The molecule has 1 aliphatic rings. The number of nitrogens with zero attached hydrogens (tertiary/aromatic N) is 3. The topological polar surface area (TPSA) is 71.7 Å². The molecule has 0 bridgehead atoms. The number of hydrogen-bond acceptors (Lipinski definition) is 4. The van der Waals surface area contributed by atoms with Gasteiger partial charge in [-0.1, -0.05) is 23.3 Å². The number of rotatable bonds is 3. The van der Waals surface area contributed by atoms with E-state index in [9.17, 15) is 13.2 Å². The SMILES string of the molecule is C#CCn1c(=NC(=O)C2CCN(S(C)(=O)=O)CC2)sc2c(C)cc(C)cc21. The van der Waals surface area contributed by atoms with Gasteiger partial charge >= 0.3 is 0 Å². The Morgan fingerprint density at radius 3 is 2.59 bits per heavy atom. The van der Waals surface area contributed by atoms with Gasteiger partial charge in [0, 0.05) is 19.0 Å². The standard InChI is InChI=1S/C19H23N3O3S2/c1-5-8-22-16-12-13(2)11-14(3)17(16)26-19(22)20-18(23)15-6-9-21(10-7-15)27(4,24)25/h1,11-12,15H,6-10H2,2-4H3. The van der Waals surface area contributed by atoms with Crippen molar-refractivity contribution in [3.8, 4) is 12.3 Å². The molecule has 0 radical (unpaired) electrons. The van der Waals surface area contributed by atoms with Gasteiger partial charge in [0.2, 0.25) is 10.0 Å². The van der Waals surface area contributed by atoms with Crippen molar-refractivity contribution < 1.29 is 13.2 Å². The number of sulfonamides is 1. The zero-order chi connectivity index (χ0) is 19.8. The summed E-state index contributed by atoms with van der Waals surface area (Å²) in [5.41, 5.74) is 3.26. The fourth-order valence-electron chi connectivity index (χ4n) is 3.46. The average Bonchev–Trinajstić information content (AvgIpc) is 2.92. The van der Waals surface area contributed by atoms with Crippen LogP contribution >= 0.6 is 11.3 Å². The molecular formula is C19H23N3O3S2. The molecule has 27 heavy (non-hydrogen) atoms. The number of piperidine rings is 1. The fraction of sp³-hybridized carbons (Fsp3) is 0.474. The molecule has 1 aliphatic heterocycles. The van der Waals surface area contributed by atoms with E-state index in [4.69, 9.17) is 6.42 Å². The van der Waals surface area contributed by atoms with Gasteiger partial charge in [-0.25, -0.2) is 12.7 Å². The molecule has 0 N–H and O–H groups in total. The van der Waals surface area contributed by atoms with Crippen LogP contribution in [0, 0.1) is 32.1 Å². The monoisotopic (exact) mass is 405 g/mol. The van der Waals surface area contributed by atoms with E-state index in [1.165, 1.54) is 21.9 Å². The van der Waals surface area contributed by atoms with E-state index < -0.39 is 10.0 Å². The molecule has 0 atom stereocenters. The first-order chi connectivity index (χ1) is 12.7. The van der Waals surface area contributed by atoms with Gasteiger partial charge in [-0.05, 0) is 43.9 Å². The number of hydrogen-bond donors (Lipinski definition) is 0. The fourth-order valence-corrected chi connectivity index (χ4v) is 5.42. The van der Waals surface area contributed by atoms with E-state index >= 15 is 0 Å². The third kappa shape index (κ3) is 4.15. The van der Waals surface area contributed by atoms with E-state index in [0.717, 1.165) is 21.3 Å². The number of aromatic nitrogens is 1. The van der Waals surface area contributed by atoms with Crippen molar-refractivity contribution >= 4 is 37.5 Å². The first-order valence-corrected chi connectivity index (χ1v) is 11.4. The van der Waals surface area contributed by atoms with Gasteiger partial charge in [0.25, 0.3) is 5.91 Å². The number of carbonyl (C=O) groups excluding carboxylic acids is 1. The highest BCUT2D eigenvalue weighted by Crippen LogP contribution is 2.24. The van der Waals surface area contributed by atoms with Gasteiger partial charge in [-0.3, -0.25) is 4.79 Å². The molecule has 6 nitrogen and oxygen atoms in total. The summed E-state index contributed by atoms with van der Waals surface area (Å²) >= 11 is 1.47. The van der Waals surface area contributed by atoms with Gasteiger partial charge in [0.15, 0.2) is 4.80 Å². The van der Waals surface area contributed by atoms with Gasteiger partial charge in [0.05, 0.1) is 23.0 Å². The highest BCUT2D eigenvalue weighted by molar-refractivity contribution is 7.88. The molecule has 8 heteroatoms. The maximum Gasteiger partial charge on any atom is 0.251 e. The van der Waals surface area contributed by atoms with Crippen molar-refractivity contribution in [3.63, 3.8) is 0 Å². The molecule has 2 heterocycles. The molecule has 1 aromatic carbocycles. The molecule has 1 amide bonds. The highest BCUT2D eigenvalue weighted by atomic mass is 32.2. The minimum Gasteiger partial charge on any atom is -0.305 e. The Morgan fingerprint density at radius 1 is 1.33 bits per heavy atom. The number of aryl methyl sites for hydroxylation is 2. The Kier molecular flexibility index (Phi) is 5.56. The van der Waals surface area contributed by atoms with E-state index in [1.807, 2.05) is 18.4 Å². The van der Waals surface area contributed by atoms with Gasteiger partial charge in [-0.15, -0.1) is 6.42 Å². The molecule has 3 rings (SSSR count). The number of carbonyl (C=O) groups is 1. The Labute approximate surface area is 163 Å². The molecule has 1 fully saturated rings. The summed E-state index contributed by atoms with van der Waals surface area (Å²) < 4.78 is 27.7. The average molecular weight is 406 g/mol. The first-order valence-electron chi connectivity index (χ1n) is 8.78. The number of benzene rings is 1. The van der Waals surface area contributed by atoms with Crippen molar-refractivity contribution in [2.75, 3.05) is 19.3 Å². The van der Waals surface area contributed by atoms with Crippen LogP contribution in [0.1, 0.15) is 24.0 Å². The third-order valence-electron chi connectivity index (χ3n) is 4.84. The van der Waals surface area contributed by atoms with Crippen LogP contribution in [0.2, 0.25) is 0 Å². The Morgan fingerprint density at radius 2 is 2.00 bits per heavy atom. The van der Waals surface area contributed by atoms with E-state index in [0.29, 0.717) is 37.3 Å². The summed E-state index contributed by atoms with van der Waals surface area (Å²) in [5.74, 6) is 2.19. The zero-order valence-electron chi connectivity index (χ0n) is 15.7. The lowest BCUT2D eigenvalue weighted by Gasteiger charge is -2.28. The summed E-state index contributed by atoms with van der Waals surface area (Å²) in [6.07, 6.45) is 7.72. The van der Waals surface area contributed by atoms with Crippen LogP contribution < -0.4 is 4.80 Å². The van der Waals surface area contributed by atoms with Crippen LogP contribution in [0.15, 0.2) is 17.1 Å². The van der Waals surface area contributed by atoms with Crippen molar-refractivity contribution in [1.82, 2.24) is 8.87 Å². The lowest BCUT2D eigenvalue weighted by Crippen LogP contribution is -2.39. The molecule has 2 aromatic rings. The summed E-state index contributed by atoms with van der Waals surface area (Å²) in [7, 11) is -3.21. The number of amides is 1. The number of fused-ring (bicyclic) bond motifs is 1. The lowest BCUT2D eigenvalue weighted by molar-refractivity contribution is -0.122. The van der Waals surface area contributed by atoms with Gasteiger partial charge in [0.1, 0.15) is 0 Å². The molecule has 0 unspecified atom stereocenters. The molecule has 144 valence electrons. The molecular weight excluding hydrogens is 382 g/mol. The Bertz CT molecular complexity index is 1100. The second-order valence-corrected chi connectivity index (χ2v) is 9.95. The van der Waals surface area contributed by atoms with E-state index in [2.05, 4.69) is 23.0 Å². The number of thiazole rings is 1. The van der Waals surface area contributed by atoms with E-state index in [1.54, 1.807) is 0 Å². The van der Waals surface area contributed by atoms with Gasteiger partial charge in [-0.2, -0.15) is 4.99 Å². The maximum absolute atomic E-state index is 12.7. The van der Waals surface area contributed by atoms with Crippen LogP contribution in [-0.4, -0.2) is 42.5 Å². The first kappa shape index (κ1) is 19.8. The van der Waals surface area contributed by atoms with Crippen LogP contribution in [-0.2, 0) is 21.4 Å². The summed E-state index contributed by atoms with van der Waals surface area (Å²) in [6, 6.07) is 4.16. The summed E-state index contributed by atoms with van der Waals surface area (Å²) in [5, 5.41) is 0. The zero-order valence-corrected chi connectivity index (χ0v) is 17.4. The molecule has 0 spiro atoms. The highest BCUT2D eigenvalue weighted by Gasteiger charge is 2.29. The number of terminal acetylenes is 1. The maximum atomic E-state index is 12.7. The predicted octanol–water partition coefficient (Wildman–Crippen LogP) is 2.05. The second-order valence-electron chi connectivity index (χ2n) is 6.99. The molecule has 0 aliphatic carbocycles. The Balaban J connectivity index is 1.94. The van der Waals surface area contributed by atoms with Crippen molar-refractivity contribution in [2.45, 2.75) is 33.2 Å². The normalized spacial score (nSPS) is 17.3. The van der Waals surface area contributed by atoms with Crippen LogP contribution in [0.5, 0.6) is 0 Å². The van der Waals surface area contributed by atoms with Crippen molar-refractivity contribution in [1.29, 1.82) is 0 Å². The quantitative estimate of drug-likeness (QED) is 0.734. The van der Waals surface area contributed by atoms with Crippen molar-refractivity contribution in [3.05, 3.63) is 28.1 Å². The Hall–Kier alpha value is -1.95. The molecule has 0 saturated carbocycles. The van der Waals surface area contributed by atoms with Gasteiger partial charge < -0.3 is 4.57 Å². The summed E-state index contributed by atoms with van der Waals surface area (Å²) in [6.45, 7) is 5.14. The van der Waals surface area contributed by atoms with Crippen LogP contribution in [0.4, 0.5) is 0 Å². The van der Waals surface area contributed by atoms with E-state index in [-0.39, 0.29) is 11.8 Å². The third-order valence-corrected chi connectivity index (χ3v) is 7.37. The molecule has 1 saturated heterocycles. The predicted molar refractivity (Wildman–Crippen MR) is 108 cm³/mol. The smallest absolute Gasteiger partial charge is 0.251 e. The van der Waals surface area contributed by atoms with Crippen molar-refractivity contribution in [2.24, 2.45) is 10.9 Å². The minimum atomic E-state index is -3.21. The second kappa shape index (κ2) is 7.58. The summed E-state index contributed by atoms with van der Waals surface area (Å²) in [4.78, 5) is 17.7. The van der Waals surface area contributed by atoms with Crippen LogP contribution in [0.25, 0.3) is 10.2 Å². The minimum absolute atomic E-state index is 0.199. The molecule has 1 aromatic heterocycles. The largest absolute Gasteiger partial charge is 0.305 e.